The van der Waals surface area contributed by atoms with Crippen molar-refractivity contribution in [1.82, 2.24) is 10.5 Å². The predicted octanol–water partition coefficient (Wildman–Crippen LogP) is 2.66. The van der Waals surface area contributed by atoms with Crippen molar-refractivity contribution in [2.75, 3.05) is 5.75 Å². The summed E-state index contributed by atoms with van der Waals surface area (Å²) in [5.74, 6) is -0.195. The van der Waals surface area contributed by atoms with Gasteiger partial charge in [-0.3, -0.25) is 14.4 Å². The van der Waals surface area contributed by atoms with Gasteiger partial charge in [-0.05, 0) is 25.2 Å². The molecule has 1 heterocycles. The van der Waals surface area contributed by atoms with Crippen LogP contribution >= 0.6 is 11.8 Å². The fourth-order valence-corrected chi connectivity index (χ4v) is 2.89. The van der Waals surface area contributed by atoms with Gasteiger partial charge in [0.05, 0.1) is 16.7 Å². The second kappa shape index (κ2) is 7.73. The minimum atomic E-state index is -0.360. The first-order valence-electron chi connectivity index (χ1n) is 7.03. The number of hydrogen-bond donors (Lipinski definition) is 1. The molecule has 1 aromatic rings. The summed E-state index contributed by atoms with van der Waals surface area (Å²) in [5.41, 5.74) is 0.861. The highest BCUT2D eigenvalue weighted by Crippen LogP contribution is 2.28. The zero-order valence-electron chi connectivity index (χ0n) is 12.6. The molecule has 0 fully saturated rings. The largest absolute Gasteiger partial charge is 0.352 e. The third-order valence-corrected chi connectivity index (χ3v) is 4.25. The highest BCUT2D eigenvalue weighted by molar-refractivity contribution is 8.04. The van der Waals surface area contributed by atoms with Crippen molar-refractivity contribution in [2.24, 2.45) is 0 Å². The second-order valence-electron chi connectivity index (χ2n) is 4.72. The van der Waals surface area contributed by atoms with E-state index in [1.807, 2.05) is 6.92 Å². The Balaban J connectivity index is 1.81. The molecule has 0 aromatic carbocycles. The molecule has 23 heavy (non-hydrogen) atoms. The van der Waals surface area contributed by atoms with Crippen LogP contribution in [0.25, 0.3) is 0 Å². The van der Waals surface area contributed by atoms with Crippen molar-refractivity contribution < 1.29 is 18.9 Å². The molecule has 1 aliphatic carbocycles. The van der Waals surface area contributed by atoms with E-state index in [1.165, 1.54) is 24.0 Å². The molecule has 120 valence electrons. The lowest BCUT2D eigenvalue weighted by molar-refractivity contribution is -0.120. The smallest absolute Gasteiger partial charge is 0.225 e. The van der Waals surface area contributed by atoms with Crippen LogP contribution in [0.4, 0.5) is 0 Å². The molecule has 0 unspecified atom stereocenters. The van der Waals surface area contributed by atoms with Gasteiger partial charge in [0.2, 0.25) is 23.2 Å². The Kier molecular flexibility index (Phi) is 5.70. The van der Waals surface area contributed by atoms with Crippen molar-refractivity contribution >= 4 is 29.2 Å². The minimum Gasteiger partial charge on any atom is -0.352 e. The number of allylic oxidation sites excluding steroid dienone is 4. The van der Waals surface area contributed by atoms with Crippen LogP contribution < -0.4 is 5.32 Å². The fourth-order valence-electron chi connectivity index (χ4n) is 1.95. The van der Waals surface area contributed by atoms with Gasteiger partial charge in [0.15, 0.2) is 0 Å². The maximum absolute atomic E-state index is 12.1. The number of aromatic nitrogens is 1. The standard InChI is InChI=1S/C16H16N2O4S/c1-3-10(4-2)18-14(20)6-5-7-23-13-8-12(19)16-11(15(13)21)9-17-22-16/h3-4,8-9H,1,5-7H2,2H3,(H,18,20)/b10-4+. The van der Waals surface area contributed by atoms with E-state index < -0.39 is 0 Å². The van der Waals surface area contributed by atoms with E-state index in [0.29, 0.717) is 29.2 Å². The lowest BCUT2D eigenvalue weighted by Crippen LogP contribution is -2.21. The highest BCUT2D eigenvalue weighted by atomic mass is 32.2. The zero-order chi connectivity index (χ0) is 16.8. The van der Waals surface area contributed by atoms with Crippen LogP contribution in [0.15, 0.2) is 46.1 Å². The number of nitrogens with one attached hydrogen (secondary N) is 1. The summed E-state index contributed by atoms with van der Waals surface area (Å²) in [6.07, 6.45) is 6.75. The van der Waals surface area contributed by atoms with Gasteiger partial charge >= 0.3 is 0 Å². The molecule has 1 aromatic heterocycles. The minimum absolute atomic E-state index is 0.0120. The number of thioether (sulfide) groups is 1. The zero-order valence-corrected chi connectivity index (χ0v) is 13.4. The number of fused-ring (bicyclic) bond motifs is 1. The maximum Gasteiger partial charge on any atom is 0.225 e. The van der Waals surface area contributed by atoms with Crippen LogP contribution in [0, 0.1) is 0 Å². The van der Waals surface area contributed by atoms with Crippen molar-refractivity contribution in [1.29, 1.82) is 0 Å². The number of ketones is 2. The van der Waals surface area contributed by atoms with E-state index in [-0.39, 0.29) is 28.8 Å². The SMILES string of the molecule is C=C/C(=C\C)NC(=O)CCCSC1=CC(=O)c2oncc2C1=O. The molecule has 0 radical (unpaired) electrons. The van der Waals surface area contributed by atoms with Crippen LogP contribution in [0.5, 0.6) is 0 Å². The van der Waals surface area contributed by atoms with Crippen LogP contribution in [0.3, 0.4) is 0 Å². The van der Waals surface area contributed by atoms with Gasteiger partial charge in [-0.1, -0.05) is 17.8 Å². The lowest BCUT2D eigenvalue weighted by atomic mass is 10.0. The monoisotopic (exact) mass is 332 g/mol. The van der Waals surface area contributed by atoms with Gasteiger partial charge in [-0.2, -0.15) is 0 Å². The number of hydrogen-bond acceptors (Lipinski definition) is 6. The molecule has 0 bridgehead atoms. The summed E-state index contributed by atoms with van der Waals surface area (Å²) in [5, 5.41) is 6.20. The lowest BCUT2D eigenvalue weighted by Gasteiger charge is -2.09. The van der Waals surface area contributed by atoms with Crippen LogP contribution in [0.1, 0.15) is 40.7 Å². The predicted molar refractivity (Wildman–Crippen MR) is 87.0 cm³/mol. The van der Waals surface area contributed by atoms with Gasteiger partial charge in [-0.15, -0.1) is 11.8 Å². The van der Waals surface area contributed by atoms with Gasteiger partial charge < -0.3 is 9.84 Å². The maximum atomic E-state index is 12.1. The number of carbonyl (C=O) groups is 3. The first kappa shape index (κ1) is 17.0. The molecular weight excluding hydrogens is 316 g/mol. The molecule has 1 amide bonds. The average molecular weight is 332 g/mol. The summed E-state index contributed by atoms with van der Waals surface area (Å²) >= 11 is 1.26. The van der Waals surface area contributed by atoms with Gasteiger partial charge in [0.1, 0.15) is 0 Å². The second-order valence-corrected chi connectivity index (χ2v) is 5.86. The molecule has 0 atom stereocenters. The van der Waals surface area contributed by atoms with Gasteiger partial charge in [-0.25, -0.2) is 0 Å². The van der Waals surface area contributed by atoms with Crippen LogP contribution in [-0.2, 0) is 4.79 Å². The molecule has 7 heteroatoms. The Morgan fingerprint density at radius 3 is 2.96 bits per heavy atom. The van der Waals surface area contributed by atoms with E-state index in [1.54, 1.807) is 12.2 Å². The third kappa shape index (κ3) is 4.07. The molecule has 2 rings (SSSR count). The number of carbonyl (C=O) groups excluding carboxylic acids is 3. The molecule has 0 spiro atoms. The fraction of sp³-hybridized carbons (Fsp3) is 0.250. The molecule has 1 aliphatic rings. The Bertz CT molecular complexity index is 715. The quantitative estimate of drug-likeness (QED) is 0.610. The van der Waals surface area contributed by atoms with E-state index in [2.05, 4.69) is 17.1 Å². The van der Waals surface area contributed by atoms with Gasteiger partial charge in [0, 0.05) is 18.2 Å². The summed E-state index contributed by atoms with van der Waals surface area (Å²) in [6, 6.07) is 0. The van der Waals surface area contributed by atoms with Crippen LogP contribution in [0.2, 0.25) is 0 Å². The number of Topliss-reactive ketones (excluding diaryl/α,β-unsaturated/α-hetero) is 1. The van der Waals surface area contributed by atoms with Crippen molar-refractivity contribution in [3.63, 3.8) is 0 Å². The average Bonchev–Trinajstić information content (AvgIpc) is 3.04. The first-order valence-corrected chi connectivity index (χ1v) is 8.02. The summed E-state index contributed by atoms with van der Waals surface area (Å²) in [7, 11) is 0. The van der Waals surface area contributed by atoms with Crippen molar-refractivity contribution in [2.45, 2.75) is 19.8 Å². The Morgan fingerprint density at radius 2 is 2.26 bits per heavy atom. The van der Waals surface area contributed by atoms with E-state index in [9.17, 15) is 14.4 Å². The Morgan fingerprint density at radius 1 is 1.48 bits per heavy atom. The van der Waals surface area contributed by atoms with E-state index in [0.717, 1.165) is 0 Å². The number of amides is 1. The topological polar surface area (TPSA) is 89.3 Å². The third-order valence-electron chi connectivity index (χ3n) is 3.15. The first-order chi connectivity index (χ1) is 11.1. The molecule has 0 saturated carbocycles. The summed E-state index contributed by atoms with van der Waals surface area (Å²) in [4.78, 5) is 36.0. The molecule has 1 N–H and O–H groups in total. The van der Waals surface area contributed by atoms with Crippen molar-refractivity contribution in [3.8, 4) is 0 Å². The van der Waals surface area contributed by atoms with E-state index in [4.69, 9.17) is 4.52 Å². The number of nitrogens with zero attached hydrogens (tertiary/aromatic N) is 1. The van der Waals surface area contributed by atoms with E-state index >= 15 is 0 Å². The molecule has 6 nitrogen and oxygen atoms in total. The Hall–Kier alpha value is -2.41. The molecule has 0 saturated heterocycles. The highest BCUT2D eigenvalue weighted by Gasteiger charge is 2.29. The number of rotatable bonds is 7. The van der Waals surface area contributed by atoms with Gasteiger partial charge in [0.25, 0.3) is 0 Å². The molecular formula is C16H16N2O4S. The van der Waals surface area contributed by atoms with Crippen molar-refractivity contribution in [3.05, 3.63) is 52.9 Å². The summed E-state index contributed by atoms with van der Waals surface area (Å²) < 4.78 is 4.76. The van der Waals surface area contributed by atoms with Crippen LogP contribution in [-0.4, -0.2) is 28.4 Å². The Labute approximate surface area is 137 Å². The summed E-state index contributed by atoms with van der Waals surface area (Å²) in [6.45, 7) is 5.41. The molecule has 0 aliphatic heterocycles. The normalized spacial score (nSPS) is 14.3.